The zero-order chi connectivity index (χ0) is 13.1. The van der Waals surface area contributed by atoms with E-state index < -0.39 is 0 Å². The minimum atomic E-state index is -0.0388. The molecule has 0 bridgehead atoms. The van der Waals surface area contributed by atoms with Crippen molar-refractivity contribution >= 4 is 23.2 Å². The third-order valence-electron chi connectivity index (χ3n) is 3.11. The molecule has 3 nitrogen and oxygen atoms in total. The molecule has 1 aliphatic rings. The molecule has 0 aliphatic carbocycles. The molecule has 1 aromatic rings. The second kappa shape index (κ2) is 5.36. The maximum Gasteiger partial charge on any atom is 0.249 e. The molecule has 4 heteroatoms. The van der Waals surface area contributed by atoms with Gasteiger partial charge >= 0.3 is 0 Å². The van der Waals surface area contributed by atoms with Gasteiger partial charge in [0.25, 0.3) is 0 Å². The standard InChI is InChI=1S/C14H15ClN2O/c1-9-10(2)16-8-13(9)14(18)17-7-11-3-5-12(15)6-4-11/h3-6H,7-8H2,1-2H3,(H,17,18). The van der Waals surface area contributed by atoms with E-state index in [4.69, 9.17) is 11.6 Å². The van der Waals surface area contributed by atoms with Gasteiger partial charge in [-0.25, -0.2) is 0 Å². The van der Waals surface area contributed by atoms with E-state index in [1.807, 2.05) is 38.1 Å². The fourth-order valence-electron chi connectivity index (χ4n) is 1.79. The Morgan fingerprint density at radius 1 is 1.33 bits per heavy atom. The molecule has 1 N–H and O–H groups in total. The largest absolute Gasteiger partial charge is 0.348 e. The van der Waals surface area contributed by atoms with Gasteiger partial charge in [0.1, 0.15) is 0 Å². The van der Waals surface area contributed by atoms with E-state index in [1.165, 1.54) is 0 Å². The quantitative estimate of drug-likeness (QED) is 0.894. The lowest BCUT2D eigenvalue weighted by atomic mass is 10.1. The van der Waals surface area contributed by atoms with Crippen molar-refractivity contribution in [3.05, 3.63) is 46.0 Å². The molecular formula is C14H15ClN2O. The molecule has 0 fully saturated rings. The topological polar surface area (TPSA) is 41.5 Å². The van der Waals surface area contributed by atoms with Gasteiger partial charge in [0.2, 0.25) is 5.91 Å². The number of carbonyl (C=O) groups excluding carboxylic acids is 1. The summed E-state index contributed by atoms with van der Waals surface area (Å²) in [7, 11) is 0. The van der Waals surface area contributed by atoms with Crippen LogP contribution in [0, 0.1) is 0 Å². The minimum absolute atomic E-state index is 0.0388. The molecule has 0 atom stereocenters. The lowest BCUT2D eigenvalue weighted by Crippen LogP contribution is -2.25. The molecular weight excluding hydrogens is 248 g/mol. The van der Waals surface area contributed by atoms with Crippen molar-refractivity contribution in [1.29, 1.82) is 0 Å². The summed E-state index contributed by atoms with van der Waals surface area (Å²) in [6.07, 6.45) is 0. The number of nitrogens with zero attached hydrogens (tertiary/aromatic N) is 1. The Morgan fingerprint density at radius 2 is 2.00 bits per heavy atom. The second-order valence-corrected chi connectivity index (χ2v) is 4.75. The lowest BCUT2D eigenvalue weighted by molar-refractivity contribution is -0.117. The number of aliphatic imine (C=N–C) groups is 1. The van der Waals surface area contributed by atoms with Gasteiger partial charge in [-0.3, -0.25) is 9.79 Å². The van der Waals surface area contributed by atoms with Gasteiger partial charge < -0.3 is 5.32 Å². The summed E-state index contributed by atoms with van der Waals surface area (Å²) in [6, 6.07) is 7.44. The Hall–Kier alpha value is -1.61. The van der Waals surface area contributed by atoms with Gasteiger partial charge in [0.15, 0.2) is 0 Å². The van der Waals surface area contributed by atoms with Crippen molar-refractivity contribution < 1.29 is 4.79 Å². The van der Waals surface area contributed by atoms with Gasteiger partial charge in [0.05, 0.1) is 6.54 Å². The third-order valence-corrected chi connectivity index (χ3v) is 3.36. The van der Waals surface area contributed by atoms with Crippen molar-refractivity contribution in [2.24, 2.45) is 4.99 Å². The van der Waals surface area contributed by atoms with Gasteiger partial charge in [0, 0.05) is 22.9 Å². The summed E-state index contributed by atoms with van der Waals surface area (Å²) in [5.74, 6) is -0.0388. The number of carbonyl (C=O) groups is 1. The molecule has 0 aromatic heterocycles. The van der Waals surface area contributed by atoms with E-state index in [0.717, 1.165) is 22.4 Å². The first-order chi connectivity index (χ1) is 8.58. The van der Waals surface area contributed by atoms with Gasteiger partial charge in [-0.2, -0.15) is 0 Å². The van der Waals surface area contributed by atoms with E-state index in [1.54, 1.807) is 0 Å². The SMILES string of the molecule is CC1=NCC(C(=O)NCc2ccc(Cl)cc2)=C1C. The van der Waals surface area contributed by atoms with E-state index in [2.05, 4.69) is 10.3 Å². The van der Waals surface area contributed by atoms with E-state index in [-0.39, 0.29) is 5.91 Å². The van der Waals surface area contributed by atoms with Crippen LogP contribution < -0.4 is 5.32 Å². The molecule has 1 aromatic carbocycles. The van der Waals surface area contributed by atoms with Crippen LogP contribution in [0.25, 0.3) is 0 Å². The summed E-state index contributed by atoms with van der Waals surface area (Å²) >= 11 is 5.80. The van der Waals surface area contributed by atoms with Gasteiger partial charge in [-0.1, -0.05) is 23.7 Å². The highest BCUT2D eigenvalue weighted by atomic mass is 35.5. The molecule has 0 saturated carbocycles. The van der Waals surface area contributed by atoms with Crippen LogP contribution in [0.1, 0.15) is 19.4 Å². The summed E-state index contributed by atoms with van der Waals surface area (Å²) < 4.78 is 0. The number of nitrogens with one attached hydrogen (secondary N) is 1. The Balaban J connectivity index is 1.96. The van der Waals surface area contributed by atoms with E-state index in [9.17, 15) is 4.79 Å². The van der Waals surface area contributed by atoms with Gasteiger partial charge in [-0.15, -0.1) is 0 Å². The molecule has 2 rings (SSSR count). The highest BCUT2D eigenvalue weighted by Gasteiger charge is 2.18. The molecule has 1 amide bonds. The van der Waals surface area contributed by atoms with Crippen LogP contribution in [0.5, 0.6) is 0 Å². The molecule has 94 valence electrons. The van der Waals surface area contributed by atoms with Crippen LogP contribution in [-0.2, 0) is 11.3 Å². The van der Waals surface area contributed by atoms with Crippen LogP contribution in [0.15, 0.2) is 40.4 Å². The highest BCUT2D eigenvalue weighted by Crippen LogP contribution is 2.15. The normalized spacial score (nSPS) is 14.7. The number of benzene rings is 1. The molecule has 0 unspecified atom stereocenters. The van der Waals surface area contributed by atoms with E-state index in [0.29, 0.717) is 18.1 Å². The van der Waals surface area contributed by atoms with Crippen molar-refractivity contribution in [3.63, 3.8) is 0 Å². The van der Waals surface area contributed by atoms with Crippen molar-refractivity contribution in [3.8, 4) is 0 Å². The van der Waals surface area contributed by atoms with Gasteiger partial charge in [-0.05, 0) is 37.1 Å². The van der Waals surface area contributed by atoms with E-state index >= 15 is 0 Å². The number of allylic oxidation sites excluding steroid dienone is 1. The zero-order valence-corrected chi connectivity index (χ0v) is 11.2. The maximum absolute atomic E-state index is 12.0. The monoisotopic (exact) mass is 262 g/mol. The predicted molar refractivity (Wildman–Crippen MR) is 74.0 cm³/mol. The summed E-state index contributed by atoms with van der Waals surface area (Å²) in [5, 5.41) is 3.60. The fraction of sp³-hybridized carbons (Fsp3) is 0.286. The Labute approximate surface area is 112 Å². The number of hydrogen-bond donors (Lipinski definition) is 1. The Kier molecular flexibility index (Phi) is 3.82. The predicted octanol–water partition coefficient (Wildman–Crippen LogP) is 2.75. The number of rotatable bonds is 3. The maximum atomic E-state index is 12.0. The average Bonchev–Trinajstić information content (AvgIpc) is 2.69. The van der Waals surface area contributed by atoms with Crippen molar-refractivity contribution in [2.45, 2.75) is 20.4 Å². The van der Waals surface area contributed by atoms with Crippen LogP contribution in [0.2, 0.25) is 5.02 Å². The van der Waals surface area contributed by atoms with Crippen molar-refractivity contribution in [1.82, 2.24) is 5.32 Å². The summed E-state index contributed by atoms with van der Waals surface area (Å²) in [4.78, 5) is 16.2. The molecule has 18 heavy (non-hydrogen) atoms. The molecule has 0 spiro atoms. The number of halogens is 1. The first-order valence-corrected chi connectivity index (χ1v) is 6.19. The second-order valence-electron chi connectivity index (χ2n) is 4.31. The fourth-order valence-corrected chi connectivity index (χ4v) is 1.91. The number of amides is 1. The molecule has 0 radical (unpaired) electrons. The Bertz CT molecular complexity index is 529. The summed E-state index contributed by atoms with van der Waals surface area (Å²) in [5.41, 5.74) is 3.73. The van der Waals surface area contributed by atoms with Crippen LogP contribution in [-0.4, -0.2) is 18.2 Å². The highest BCUT2D eigenvalue weighted by molar-refractivity contribution is 6.30. The molecule has 1 aliphatic heterocycles. The molecule has 1 heterocycles. The third kappa shape index (κ3) is 2.79. The minimum Gasteiger partial charge on any atom is -0.348 e. The number of hydrogen-bond acceptors (Lipinski definition) is 2. The first-order valence-electron chi connectivity index (χ1n) is 5.81. The average molecular weight is 263 g/mol. The first kappa shape index (κ1) is 12.8. The summed E-state index contributed by atoms with van der Waals surface area (Å²) in [6.45, 7) is 4.85. The van der Waals surface area contributed by atoms with Crippen LogP contribution in [0.3, 0.4) is 0 Å². The van der Waals surface area contributed by atoms with Crippen LogP contribution >= 0.6 is 11.6 Å². The lowest BCUT2D eigenvalue weighted by Gasteiger charge is -2.07. The van der Waals surface area contributed by atoms with Crippen LogP contribution in [0.4, 0.5) is 0 Å². The Morgan fingerprint density at radius 3 is 2.56 bits per heavy atom. The smallest absolute Gasteiger partial charge is 0.249 e. The zero-order valence-electron chi connectivity index (χ0n) is 10.5. The molecule has 0 saturated heterocycles. The van der Waals surface area contributed by atoms with Crippen molar-refractivity contribution in [2.75, 3.05) is 6.54 Å².